The van der Waals surface area contributed by atoms with E-state index in [1.807, 2.05) is 0 Å². The minimum atomic E-state index is -0.0727. The van der Waals surface area contributed by atoms with Gasteiger partial charge in [-0.1, -0.05) is 216 Å². The average Bonchev–Trinajstić information content (AvgIpc) is 3.86. The molecule has 0 spiro atoms. The van der Waals surface area contributed by atoms with Gasteiger partial charge in [0.1, 0.15) is 0 Å². The molecule has 0 saturated heterocycles. The van der Waals surface area contributed by atoms with Crippen LogP contribution in [0.5, 0.6) is 0 Å². The summed E-state index contributed by atoms with van der Waals surface area (Å²) in [6, 6.07) is 98.3. The SMILES string of the molecule is CC1(C)c2ccccc2-c2cc(N(c3ccc(-c4ccc(N(c5ccc(-c6ccccc6)cc5)c5cc(-c6ccccc6)cc(-c6ccccc6)c5)cc4)cc3)c3ccc4c(c3)-c3ccccc3C4(C)C)ccc21. The predicted octanol–water partition coefficient (Wildman–Crippen LogP) is 19.9. The van der Waals surface area contributed by atoms with Crippen molar-refractivity contribution in [3.63, 3.8) is 0 Å². The van der Waals surface area contributed by atoms with Crippen LogP contribution in [-0.4, -0.2) is 0 Å². The number of fused-ring (bicyclic) bond motifs is 6. The van der Waals surface area contributed by atoms with Crippen LogP contribution in [0, 0.1) is 0 Å². The van der Waals surface area contributed by atoms with Crippen LogP contribution in [0.15, 0.2) is 267 Å². The molecule has 2 heteroatoms. The first-order chi connectivity index (χ1) is 36.2. The van der Waals surface area contributed by atoms with Gasteiger partial charge in [0.2, 0.25) is 0 Å². The normalized spacial score (nSPS) is 13.4. The molecular formula is C72H56N2. The van der Waals surface area contributed by atoms with E-state index in [0.717, 1.165) is 45.3 Å². The standard InChI is InChI=1S/C72H56N2/c1-71(2)67-26-16-14-24-63(67)65-47-60(40-42-69(65)71)74(61-41-43-70-66(48-61)64-25-15-17-27-68(64)72(70,3)4)59-38-32-54(33-39-59)53-30-36-58(37-31-53)73(57-34-28-52(29-35-57)49-18-8-5-9-19-49)62-45-55(50-20-10-6-11-21-50)44-56(46-62)51-22-12-7-13-23-51/h5-48H,1-4H3. The van der Waals surface area contributed by atoms with E-state index in [0.29, 0.717) is 0 Å². The van der Waals surface area contributed by atoms with Crippen LogP contribution >= 0.6 is 0 Å². The minimum Gasteiger partial charge on any atom is -0.310 e. The highest BCUT2D eigenvalue weighted by Crippen LogP contribution is 2.53. The van der Waals surface area contributed by atoms with Crippen molar-refractivity contribution in [1.29, 1.82) is 0 Å². The summed E-state index contributed by atoms with van der Waals surface area (Å²) in [5.41, 5.74) is 26.7. The summed E-state index contributed by atoms with van der Waals surface area (Å²) in [6.45, 7) is 9.41. The van der Waals surface area contributed by atoms with Crippen LogP contribution in [0.3, 0.4) is 0 Å². The van der Waals surface area contributed by atoms with Crippen LogP contribution < -0.4 is 9.80 Å². The molecule has 0 heterocycles. The highest BCUT2D eigenvalue weighted by molar-refractivity contribution is 5.91. The maximum atomic E-state index is 2.45. The summed E-state index contributed by atoms with van der Waals surface area (Å²) in [7, 11) is 0. The lowest BCUT2D eigenvalue weighted by atomic mass is 9.82. The summed E-state index contributed by atoms with van der Waals surface area (Å²) in [6.07, 6.45) is 0. The maximum absolute atomic E-state index is 2.45. The second-order valence-electron chi connectivity index (χ2n) is 21.0. The summed E-state index contributed by atoms with van der Waals surface area (Å²) in [4.78, 5) is 4.84. The Hall–Kier alpha value is -8.98. The number of hydrogen-bond donors (Lipinski definition) is 0. The van der Waals surface area contributed by atoms with Crippen molar-refractivity contribution >= 4 is 34.1 Å². The molecule has 0 aromatic heterocycles. The molecule has 11 aromatic rings. The Balaban J connectivity index is 0.895. The molecule has 2 nitrogen and oxygen atoms in total. The van der Waals surface area contributed by atoms with Crippen molar-refractivity contribution in [2.75, 3.05) is 9.80 Å². The van der Waals surface area contributed by atoms with Gasteiger partial charge in [-0.05, 0) is 168 Å². The lowest BCUT2D eigenvalue weighted by Crippen LogP contribution is -2.16. The number of hydrogen-bond acceptors (Lipinski definition) is 2. The topological polar surface area (TPSA) is 6.48 Å². The van der Waals surface area contributed by atoms with E-state index < -0.39 is 0 Å². The van der Waals surface area contributed by atoms with Gasteiger partial charge in [0.05, 0.1) is 0 Å². The molecule has 354 valence electrons. The van der Waals surface area contributed by atoms with E-state index in [1.54, 1.807) is 0 Å². The van der Waals surface area contributed by atoms with E-state index in [4.69, 9.17) is 0 Å². The molecule has 11 aromatic carbocycles. The molecule has 0 fully saturated rings. The van der Waals surface area contributed by atoms with Crippen LogP contribution in [0.4, 0.5) is 34.1 Å². The largest absolute Gasteiger partial charge is 0.310 e. The van der Waals surface area contributed by atoms with Gasteiger partial charge in [-0.25, -0.2) is 0 Å². The molecule has 2 aliphatic carbocycles. The van der Waals surface area contributed by atoms with E-state index in [1.165, 1.54) is 77.9 Å². The predicted molar refractivity (Wildman–Crippen MR) is 313 cm³/mol. The second-order valence-corrected chi connectivity index (χ2v) is 21.0. The monoisotopic (exact) mass is 948 g/mol. The first-order valence-corrected chi connectivity index (χ1v) is 25.9. The highest BCUT2D eigenvalue weighted by Gasteiger charge is 2.37. The van der Waals surface area contributed by atoms with Crippen molar-refractivity contribution < 1.29 is 0 Å². The van der Waals surface area contributed by atoms with E-state index in [-0.39, 0.29) is 10.8 Å². The minimum absolute atomic E-state index is 0.0727. The molecule has 13 rings (SSSR count). The fourth-order valence-corrected chi connectivity index (χ4v) is 12.0. The van der Waals surface area contributed by atoms with Gasteiger partial charge in [0.25, 0.3) is 0 Å². The zero-order chi connectivity index (χ0) is 50.0. The van der Waals surface area contributed by atoms with Crippen LogP contribution in [-0.2, 0) is 10.8 Å². The molecule has 0 amide bonds. The van der Waals surface area contributed by atoms with Crippen molar-refractivity contribution in [2.45, 2.75) is 38.5 Å². The fraction of sp³-hybridized carbons (Fsp3) is 0.0833. The lowest BCUT2D eigenvalue weighted by molar-refractivity contribution is 0.660. The molecule has 74 heavy (non-hydrogen) atoms. The van der Waals surface area contributed by atoms with Gasteiger partial charge in [-0.2, -0.15) is 0 Å². The zero-order valence-corrected chi connectivity index (χ0v) is 42.3. The number of rotatable bonds is 10. The smallest absolute Gasteiger partial charge is 0.0473 e. The lowest BCUT2D eigenvalue weighted by Gasteiger charge is -2.28. The van der Waals surface area contributed by atoms with Crippen LogP contribution in [0.1, 0.15) is 49.9 Å². The summed E-state index contributed by atoms with van der Waals surface area (Å²) >= 11 is 0. The molecule has 2 aliphatic rings. The molecular weight excluding hydrogens is 893 g/mol. The van der Waals surface area contributed by atoms with Gasteiger partial charge in [0, 0.05) is 45.0 Å². The van der Waals surface area contributed by atoms with Crippen LogP contribution in [0.2, 0.25) is 0 Å². The van der Waals surface area contributed by atoms with Gasteiger partial charge in [-0.15, -0.1) is 0 Å². The highest BCUT2D eigenvalue weighted by atomic mass is 15.1. The summed E-state index contributed by atoms with van der Waals surface area (Å²) < 4.78 is 0. The first-order valence-electron chi connectivity index (χ1n) is 25.9. The Morgan fingerprint density at radius 2 is 0.486 bits per heavy atom. The Morgan fingerprint density at radius 3 is 0.865 bits per heavy atom. The quantitative estimate of drug-likeness (QED) is 0.135. The first kappa shape index (κ1) is 44.9. The third-order valence-corrected chi connectivity index (χ3v) is 15.9. The van der Waals surface area contributed by atoms with E-state index in [2.05, 4.69) is 304 Å². The van der Waals surface area contributed by atoms with Gasteiger partial charge < -0.3 is 9.80 Å². The molecule has 0 aliphatic heterocycles. The number of nitrogens with zero attached hydrogens (tertiary/aromatic N) is 2. The third kappa shape index (κ3) is 7.74. The Morgan fingerprint density at radius 1 is 0.203 bits per heavy atom. The second kappa shape index (κ2) is 17.9. The summed E-state index contributed by atoms with van der Waals surface area (Å²) in [5, 5.41) is 0. The van der Waals surface area contributed by atoms with Crippen molar-refractivity contribution in [2.24, 2.45) is 0 Å². The molecule has 0 N–H and O–H groups in total. The van der Waals surface area contributed by atoms with Crippen molar-refractivity contribution in [3.8, 4) is 66.8 Å². The Labute approximate surface area is 436 Å². The number of anilines is 6. The average molecular weight is 949 g/mol. The molecule has 0 unspecified atom stereocenters. The third-order valence-electron chi connectivity index (χ3n) is 15.9. The van der Waals surface area contributed by atoms with E-state index in [9.17, 15) is 0 Å². The Bertz CT molecular complexity index is 3690. The summed E-state index contributed by atoms with van der Waals surface area (Å²) in [5.74, 6) is 0. The van der Waals surface area contributed by atoms with Gasteiger partial charge in [-0.3, -0.25) is 0 Å². The zero-order valence-electron chi connectivity index (χ0n) is 42.3. The van der Waals surface area contributed by atoms with E-state index >= 15 is 0 Å². The molecule has 0 bridgehead atoms. The van der Waals surface area contributed by atoms with Crippen molar-refractivity contribution in [3.05, 3.63) is 289 Å². The molecule has 0 radical (unpaired) electrons. The molecule has 0 atom stereocenters. The van der Waals surface area contributed by atoms with Crippen molar-refractivity contribution in [1.82, 2.24) is 0 Å². The van der Waals surface area contributed by atoms with Crippen LogP contribution in [0.25, 0.3) is 66.8 Å². The molecule has 0 saturated carbocycles. The maximum Gasteiger partial charge on any atom is 0.0473 e. The number of benzene rings is 11. The fourth-order valence-electron chi connectivity index (χ4n) is 12.0. The van der Waals surface area contributed by atoms with Gasteiger partial charge >= 0.3 is 0 Å². The Kier molecular flexibility index (Phi) is 10.9. The van der Waals surface area contributed by atoms with Gasteiger partial charge in [0.15, 0.2) is 0 Å².